The summed E-state index contributed by atoms with van der Waals surface area (Å²) in [5.41, 5.74) is 1.10. The summed E-state index contributed by atoms with van der Waals surface area (Å²) in [6.45, 7) is 20.4. The standard InChI is InChI=1S/C21H50N2O4Si2/c1-9-24-28(25-10-2)20(5)14-18-22(7)16-13-17-23(8)19-15-21(6)29(26-11-3)27-12-4/h20-21,28-29H,9-19H2,1-8H3. The van der Waals surface area contributed by atoms with Gasteiger partial charge in [0.15, 0.2) is 0 Å². The Morgan fingerprint density at radius 1 is 0.586 bits per heavy atom. The van der Waals surface area contributed by atoms with Crippen LogP contribution in [0.15, 0.2) is 0 Å². The minimum atomic E-state index is -1.52. The number of rotatable bonds is 20. The molecule has 0 aliphatic rings. The van der Waals surface area contributed by atoms with Gasteiger partial charge in [-0.2, -0.15) is 0 Å². The van der Waals surface area contributed by atoms with E-state index >= 15 is 0 Å². The highest BCUT2D eigenvalue weighted by molar-refractivity contribution is 6.46. The van der Waals surface area contributed by atoms with Crippen molar-refractivity contribution in [1.29, 1.82) is 0 Å². The molecule has 0 aliphatic heterocycles. The lowest BCUT2D eigenvalue weighted by molar-refractivity contribution is 0.198. The third kappa shape index (κ3) is 14.8. The van der Waals surface area contributed by atoms with E-state index in [1.54, 1.807) is 0 Å². The van der Waals surface area contributed by atoms with Crippen LogP contribution in [-0.4, -0.2) is 95.1 Å². The number of hydrogen-bond acceptors (Lipinski definition) is 6. The molecule has 0 saturated carbocycles. The van der Waals surface area contributed by atoms with E-state index in [1.807, 2.05) is 0 Å². The van der Waals surface area contributed by atoms with Crippen LogP contribution in [0.5, 0.6) is 0 Å². The van der Waals surface area contributed by atoms with Crippen molar-refractivity contribution in [3.05, 3.63) is 0 Å². The van der Waals surface area contributed by atoms with Crippen molar-refractivity contribution in [2.45, 2.75) is 71.9 Å². The summed E-state index contributed by atoms with van der Waals surface area (Å²) < 4.78 is 23.4. The van der Waals surface area contributed by atoms with Crippen LogP contribution in [0.4, 0.5) is 0 Å². The number of nitrogens with zero attached hydrogens (tertiary/aromatic N) is 2. The minimum Gasteiger partial charge on any atom is -0.397 e. The summed E-state index contributed by atoms with van der Waals surface area (Å²) >= 11 is 0. The van der Waals surface area contributed by atoms with Crippen molar-refractivity contribution in [2.24, 2.45) is 0 Å². The molecule has 0 N–H and O–H groups in total. The van der Waals surface area contributed by atoms with Crippen LogP contribution >= 0.6 is 0 Å². The number of hydrogen-bond donors (Lipinski definition) is 0. The Morgan fingerprint density at radius 2 is 0.897 bits per heavy atom. The Morgan fingerprint density at radius 3 is 1.17 bits per heavy atom. The van der Waals surface area contributed by atoms with E-state index < -0.39 is 18.6 Å². The zero-order valence-corrected chi connectivity index (χ0v) is 22.9. The second kappa shape index (κ2) is 18.9. The van der Waals surface area contributed by atoms with Crippen LogP contribution in [0.2, 0.25) is 11.1 Å². The Hall–Kier alpha value is 0.194. The first-order valence-corrected chi connectivity index (χ1v) is 14.9. The highest BCUT2D eigenvalue weighted by Gasteiger charge is 2.22. The van der Waals surface area contributed by atoms with E-state index in [2.05, 4.69) is 65.4 Å². The second-order valence-corrected chi connectivity index (χ2v) is 13.1. The fourth-order valence-corrected chi connectivity index (χ4v) is 7.03. The summed E-state index contributed by atoms with van der Waals surface area (Å²) in [6.07, 6.45) is 3.51. The van der Waals surface area contributed by atoms with Crippen molar-refractivity contribution >= 4 is 18.6 Å². The fourth-order valence-electron chi connectivity index (χ4n) is 3.36. The summed E-state index contributed by atoms with van der Waals surface area (Å²) in [6, 6.07) is 0. The lowest BCUT2D eigenvalue weighted by Crippen LogP contribution is -2.32. The van der Waals surface area contributed by atoms with Gasteiger partial charge in [-0.3, -0.25) is 0 Å². The van der Waals surface area contributed by atoms with Crippen LogP contribution in [0.3, 0.4) is 0 Å². The SMILES string of the molecule is CCO[SiH](OCC)C(C)CCN(C)CCCN(C)CCC(C)[SiH](OCC)OCC. The van der Waals surface area contributed by atoms with Crippen LogP contribution in [-0.2, 0) is 17.7 Å². The molecule has 0 saturated heterocycles. The zero-order chi connectivity index (χ0) is 22.1. The maximum atomic E-state index is 5.86. The van der Waals surface area contributed by atoms with E-state index in [1.165, 1.54) is 6.42 Å². The predicted octanol–water partition coefficient (Wildman–Crippen LogP) is 3.39. The molecule has 0 aromatic heterocycles. The molecule has 176 valence electrons. The van der Waals surface area contributed by atoms with Gasteiger partial charge in [0.05, 0.1) is 0 Å². The lowest BCUT2D eigenvalue weighted by Gasteiger charge is -2.26. The molecule has 29 heavy (non-hydrogen) atoms. The Kier molecular flexibility index (Phi) is 19.0. The zero-order valence-electron chi connectivity index (χ0n) is 20.6. The second-order valence-electron chi connectivity index (χ2n) is 8.05. The van der Waals surface area contributed by atoms with Gasteiger partial charge in [-0.1, -0.05) is 13.8 Å². The molecule has 0 aromatic carbocycles. The van der Waals surface area contributed by atoms with E-state index in [9.17, 15) is 0 Å². The van der Waals surface area contributed by atoms with Crippen molar-refractivity contribution < 1.29 is 17.7 Å². The molecule has 0 spiro atoms. The van der Waals surface area contributed by atoms with Gasteiger partial charge in [0.1, 0.15) is 0 Å². The van der Waals surface area contributed by atoms with Crippen molar-refractivity contribution in [3.63, 3.8) is 0 Å². The quantitative estimate of drug-likeness (QED) is 0.265. The molecule has 2 atom stereocenters. The largest absolute Gasteiger partial charge is 0.397 e. The van der Waals surface area contributed by atoms with Crippen molar-refractivity contribution in [2.75, 3.05) is 66.7 Å². The average Bonchev–Trinajstić information content (AvgIpc) is 2.69. The van der Waals surface area contributed by atoms with Gasteiger partial charge in [0, 0.05) is 26.4 Å². The van der Waals surface area contributed by atoms with Crippen LogP contribution in [0.1, 0.15) is 60.8 Å². The first-order chi connectivity index (χ1) is 13.9. The highest BCUT2D eigenvalue weighted by Crippen LogP contribution is 2.18. The van der Waals surface area contributed by atoms with Crippen LogP contribution < -0.4 is 0 Å². The molecule has 8 heteroatoms. The molecular weight excluding hydrogens is 400 g/mol. The van der Waals surface area contributed by atoms with Gasteiger partial charge in [0.25, 0.3) is 0 Å². The lowest BCUT2D eigenvalue weighted by atomic mass is 10.3. The molecule has 0 aromatic rings. The molecule has 0 bridgehead atoms. The topological polar surface area (TPSA) is 43.4 Å². The summed E-state index contributed by atoms with van der Waals surface area (Å²) in [5.74, 6) is 0. The molecule has 0 fully saturated rings. The van der Waals surface area contributed by atoms with Gasteiger partial charge < -0.3 is 27.5 Å². The molecule has 2 unspecified atom stereocenters. The molecule has 6 nitrogen and oxygen atoms in total. The van der Waals surface area contributed by atoms with E-state index in [-0.39, 0.29) is 0 Å². The third-order valence-corrected chi connectivity index (χ3v) is 10.4. The summed E-state index contributed by atoms with van der Waals surface area (Å²) in [7, 11) is 1.42. The van der Waals surface area contributed by atoms with Gasteiger partial charge in [-0.25, -0.2) is 0 Å². The molecular formula is C21H50N2O4Si2. The van der Waals surface area contributed by atoms with Gasteiger partial charge >= 0.3 is 18.6 Å². The molecule has 0 rings (SSSR count). The smallest absolute Gasteiger partial charge is 0.324 e. The first kappa shape index (κ1) is 29.2. The van der Waals surface area contributed by atoms with Crippen molar-refractivity contribution in [3.8, 4) is 0 Å². The maximum Gasteiger partial charge on any atom is 0.324 e. The fraction of sp³-hybridized carbons (Fsp3) is 1.00. The van der Waals surface area contributed by atoms with Gasteiger partial charge in [-0.15, -0.1) is 0 Å². The molecule has 0 amide bonds. The van der Waals surface area contributed by atoms with E-state index in [4.69, 9.17) is 17.7 Å². The molecule has 0 radical (unpaired) electrons. The minimum absolute atomic E-state index is 0.550. The first-order valence-electron chi connectivity index (χ1n) is 11.7. The Labute approximate surface area is 184 Å². The Bertz CT molecular complexity index is 326. The normalized spacial score (nSPS) is 14.5. The van der Waals surface area contributed by atoms with Gasteiger partial charge in [-0.05, 0) is 98.3 Å². The monoisotopic (exact) mass is 450 g/mol. The third-order valence-electron chi connectivity index (χ3n) is 5.26. The highest BCUT2D eigenvalue weighted by atomic mass is 28.3. The predicted molar refractivity (Wildman–Crippen MR) is 128 cm³/mol. The van der Waals surface area contributed by atoms with Crippen LogP contribution in [0.25, 0.3) is 0 Å². The van der Waals surface area contributed by atoms with Gasteiger partial charge in [0.2, 0.25) is 0 Å². The molecule has 0 aliphatic carbocycles. The Balaban J connectivity index is 4.00. The van der Waals surface area contributed by atoms with E-state index in [0.29, 0.717) is 11.1 Å². The van der Waals surface area contributed by atoms with Crippen LogP contribution in [0, 0.1) is 0 Å². The van der Waals surface area contributed by atoms with Crippen molar-refractivity contribution in [1.82, 2.24) is 9.80 Å². The average molecular weight is 451 g/mol. The maximum absolute atomic E-state index is 5.86. The van der Waals surface area contributed by atoms with E-state index in [0.717, 1.165) is 65.4 Å². The summed E-state index contributed by atoms with van der Waals surface area (Å²) in [5, 5.41) is 0. The summed E-state index contributed by atoms with van der Waals surface area (Å²) in [4.78, 5) is 4.90. The molecule has 0 heterocycles.